The van der Waals surface area contributed by atoms with Crippen LogP contribution in [-0.2, 0) is 0 Å². The van der Waals surface area contributed by atoms with Crippen molar-refractivity contribution >= 4 is 0 Å². The lowest BCUT2D eigenvalue weighted by Crippen LogP contribution is -2.07. The molecule has 0 aliphatic carbocycles. The van der Waals surface area contributed by atoms with E-state index in [1.54, 1.807) is 6.92 Å². The molecule has 2 N–H and O–H groups in total. The van der Waals surface area contributed by atoms with Crippen LogP contribution in [0.1, 0.15) is 18.5 Å². The Hall–Kier alpha value is -1.94. The van der Waals surface area contributed by atoms with Crippen LogP contribution in [0.4, 0.5) is 8.78 Å². The molecule has 0 saturated carbocycles. The van der Waals surface area contributed by atoms with Crippen LogP contribution < -0.4 is 10.5 Å². The zero-order valence-corrected chi connectivity index (χ0v) is 9.86. The van der Waals surface area contributed by atoms with Crippen LogP contribution in [0.25, 0.3) is 0 Å². The quantitative estimate of drug-likeness (QED) is 0.898. The fourth-order valence-electron chi connectivity index (χ4n) is 1.60. The van der Waals surface area contributed by atoms with Gasteiger partial charge >= 0.3 is 0 Å². The van der Waals surface area contributed by atoms with Gasteiger partial charge in [0.05, 0.1) is 0 Å². The predicted octanol–water partition coefficient (Wildman–Crippen LogP) is 3.78. The summed E-state index contributed by atoms with van der Waals surface area (Å²) < 4.78 is 31.5. The van der Waals surface area contributed by atoms with Gasteiger partial charge in [-0.25, -0.2) is 8.78 Å². The molecule has 2 nitrogen and oxygen atoms in total. The molecular weight excluding hydrogens is 236 g/mol. The lowest BCUT2D eigenvalue weighted by Gasteiger charge is -2.13. The smallest absolute Gasteiger partial charge is 0.132 e. The number of benzene rings is 2. The molecule has 0 aliphatic heterocycles. The summed E-state index contributed by atoms with van der Waals surface area (Å²) in [6.45, 7) is 1.74. The van der Waals surface area contributed by atoms with Crippen molar-refractivity contribution in [2.75, 3.05) is 0 Å². The monoisotopic (exact) mass is 249 g/mol. The zero-order chi connectivity index (χ0) is 13.1. The molecule has 0 bridgehead atoms. The van der Waals surface area contributed by atoms with Gasteiger partial charge in [0.15, 0.2) is 0 Å². The Labute approximate surface area is 104 Å². The van der Waals surface area contributed by atoms with Gasteiger partial charge in [-0.2, -0.15) is 0 Å². The zero-order valence-electron chi connectivity index (χ0n) is 9.86. The first-order valence-electron chi connectivity index (χ1n) is 5.54. The van der Waals surface area contributed by atoms with E-state index in [0.717, 1.165) is 0 Å². The third kappa shape index (κ3) is 2.84. The molecule has 0 spiro atoms. The molecule has 0 radical (unpaired) electrons. The molecule has 4 heteroatoms. The summed E-state index contributed by atoms with van der Waals surface area (Å²) in [4.78, 5) is 0. The minimum atomic E-state index is -0.367. The molecule has 0 amide bonds. The molecule has 0 aromatic heterocycles. The summed E-state index contributed by atoms with van der Waals surface area (Å²) >= 11 is 0. The van der Waals surface area contributed by atoms with Crippen LogP contribution >= 0.6 is 0 Å². The van der Waals surface area contributed by atoms with Gasteiger partial charge in [-0.05, 0) is 49.4 Å². The first-order valence-corrected chi connectivity index (χ1v) is 5.54. The highest BCUT2D eigenvalue weighted by molar-refractivity contribution is 5.39. The molecule has 0 saturated heterocycles. The number of hydrogen-bond acceptors (Lipinski definition) is 2. The minimum absolute atomic E-state index is 0.339. The van der Waals surface area contributed by atoms with Crippen LogP contribution in [0.3, 0.4) is 0 Å². The van der Waals surface area contributed by atoms with Gasteiger partial charge in [0, 0.05) is 11.6 Å². The topological polar surface area (TPSA) is 35.2 Å². The summed E-state index contributed by atoms with van der Waals surface area (Å²) in [5.41, 5.74) is 6.32. The molecule has 1 atom stereocenters. The van der Waals surface area contributed by atoms with Crippen molar-refractivity contribution in [3.8, 4) is 11.5 Å². The van der Waals surface area contributed by atoms with E-state index in [2.05, 4.69) is 0 Å². The van der Waals surface area contributed by atoms with E-state index in [9.17, 15) is 8.78 Å². The largest absolute Gasteiger partial charge is 0.457 e. The fourth-order valence-corrected chi connectivity index (χ4v) is 1.60. The van der Waals surface area contributed by atoms with E-state index >= 15 is 0 Å². The number of halogens is 2. The van der Waals surface area contributed by atoms with Crippen LogP contribution in [0.15, 0.2) is 42.5 Å². The van der Waals surface area contributed by atoms with E-state index in [1.165, 1.54) is 42.5 Å². The van der Waals surface area contributed by atoms with Crippen LogP contribution in [-0.4, -0.2) is 0 Å². The first kappa shape index (κ1) is 12.5. The van der Waals surface area contributed by atoms with Gasteiger partial charge in [0.1, 0.15) is 23.1 Å². The Kier molecular flexibility index (Phi) is 3.58. The molecule has 2 aromatic carbocycles. The molecule has 0 heterocycles. The molecule has 0 fully saturated rings. The maximum atomic E-state index is 13.1. The summed E-state index contributed by atoms with van der Waals surface area (Å²) in [7, 11) is 0. The highest BCUT2D eigenvalue weighted by Crippen LogP contribution is 2.29. The third-order valence-corrected chi connectivity index (χ3v) is 2.50. The minimum Gasteiger partial charge on any atom is -0.457 e. The molecule has 2 aromatic rings. The first-order chi connectivity index (χ1) is 8.56. The Morgan fingerprint density at radius 3 is 2.22 bits per heavy atom. The molecule has 0 aliphatic rings. The highest BCUT2D eigenvalue weighted by atomic mass is 19.1. The van der Waals surface area contributed by atoms with Gasteiger partial charge in [-0.15, -0.1) is 0 Å². The van der Waals surface area contributed by atoms with E-state index in [4.69, 9.17) is 10.5 Å². The number of hydrogen-bond donors (Lipinski definition) is 1. The van der Waals surface area contributed by atoms with Gasteiger partial charge in [-0.1, -0.05) is 0 Å². The average Bonchev–Trinajstić information content (AvgIpc) is 2.34. The Morgan fingerprint density at radius 1 is 1.00 bits per heavy atom. The van der Waals surface area contributed by atoms with Crippen LogP contribution in [0.2, 0.25) is 0 Å². The molecule has 18 heavy (non-hydrogen) atoms. The molecule has 1 unspecified atom stereocenters. The number of nitrogens with two attached hydrogens (primary N) is 1. The third-order valence-electron chi connectivity index (χ3n) is 2.50. The van der Waals surface area contributed by atoms with E-state index in [-0.39, 0.29) is 17.7 Å². The second-order valence-corrected chi connectivity index (χ2v) is 4.03. The molecular formula is C14H13F2NO. The predicted molar refractivity (Wildman–Crippen MR) is 65.5 cm³/mol. The van der Waals surface area contributed by atoms with Crippen molar-refractivity contribution in [1.82, 2.24) is 0 Å². The second kappa shape index (κ2) is 5.14. The van der Waals surface area contributed by atoms with Crippen molar-refractivity contribution < 1.29 is 13.5 Å². The van der Waals surface area contributed by atoms with Crippen molar-refractivity contribution in [3.05, 3.63) is 59.7 Å². The summed E-state index contributed by atoms with van der Waals surface area (Å²) in [6, 6.07) is 9.39. The van der Waals surface area contributed by atoms with Gasteiger partial charge in [0.25, 0.3) is 0 Å². The standard InChI is InChI=1S/C14H13F2NO/c1-9(17)13-8-11(16)4-7-14(13)18-12-5-2-10(15)3-6-12/h2-9H,17H2,1H3. The average molecular weight is 249 g/mol. The SMILES string of the molecule is CC(N)c1cc(F)ccc1Oc1ccc(F)cc1. The number of ether oxygens (including phenoxy) is 1. The van der Waals surface area contributed by atoms with Crippen LogP contribution in [0.5, 0.6) is 11.5 Å². The summed E-state index contributed by atoms with van der Waals surface area (Å²) in [5, 5.41) is 0. The van der Waals surface area contributed by atoms with Gasteiger partial charge in [0.2, 0.25) is 0 Å². The lowest BCUT2D eigenvalue weighted by atomic mass is 10.1. The summed E-state index contributed by atoms with van der Waals surface area (Å²) in [6.07, 6.45) is 0. The molecule has 94 valence electrons. The maximum absolute atomic E-state index is 13.1. The molecule has 2 rings (SSSR count). The van der Waals surface area contributed by atoms with Crippen molar-refractivity contribution in [3.63, 3.8) is 0 Å². The lowest BCUT2D eigenvalue weighted by molar-refractivity contribution is 0.467. The van der Waals surface area contributed by atoms with Crippen molar-refractivity contribution in [2.24, 2.45) is 5.73 Å². The Balaban J connectivity index is 2.31. The van der Waals surface area contributed by atoms with E-state index < -0.39 is 0 Å². The highest BCUT2D eigenvalue weighted by Gasteiger charge is 2.10. The Morgan fingerprint density at radius 2 is 1.61 bits per heavy atom. The summed E-state index contributed by atoms with van der Waals surface area (Å²) in [5.74, 6) is 0.241. The number of rotatable bonds is 3. The van der Waals surface area contributed by atoms with Crippen LogP contribution in [0, 0.1) is 11.6 Å². The Bertz CT molecular complexity index is 538. The second-order valence-electron chi connectivity index (χ2n) is 4.03. The van der Waals surface area contributed by atoms with E-state index in [0.29, 0.717) is 17.1 Å². The van der Waals surface area contributed by atoms with Crippen molar-refractivity contribution in [2.45, 2.75) is 13.0 Å². The normalized spacial score (nSPS) is 12.2. The maximum Gasteiger partial charge on any atom is 0.132 e. The fraction of sp³-hybridized carbons (Fsp3) is 0.143. The van der Waals surface area contributed by atoms with Gasteiger partial charge in [-0.3, -0.25) is 0 Å². The van der Waals surface area contributed by atoms with Gasteiger partial charge < -0.3 is 10.5 Å². The van der Waals surface area contributed by atoms with E-state index in [1.807, 2.05) is 0 Å². The van der Waals surface area contributed by atoms with Crippen molar-refractivity contribution in [1.29, 1.82) is 0 Å².